The van der Waals surface area contributed by atoms with E-state index in [-0.39, 0.29) is 6.61 Å². The van der Waals surface area contributed by atoms with Gasteiger partial charge in [0.1, 0.15) is 11.6 Å². The highest BCUT2D eigenvalue weighted by Gasteiger charge is 2.10. The summed E-state index contributed by atoms with van der Waals surface area (Å²) in [5, 5.41) is 3.26. The number of ether oxygens (including phenoxy) is 1. The number of aryl methyl sites for hydroxylation is 1. The summed E-state index contributed by atoms with van der Waals surface area (Å²) >= 11 is 1.20. The van der Waals surface area contributed by atoms with Crippen molar-refractivity contribution in [3.63, 3.8) is 0 Å². The van der Waals surface area contributed by atoms with Gasteiger partial charge in [0.25, 0.3) is 0 Å². The van der Waals surface area contributed by atoms with Crippen molar-refractivity contribution >= 4 is 22.6 Å². The summed E-state index contributed by atoms with van der Waals surface area (Å²) in [6.07, 6.45) is -0.493. The van der Waals surface area contributed by atoms with Gasteiger partial charge in [-0.2, -0.15) is 4.37 Å². The molecule has 0 aliphatic carbocycles. The number of aromatic nitrogens is 1. The first-order chi connectivity index (χ1) is 8.66. The van der Waals surface area contributed by atoms with Crippen molar-refractivity contribution in [2.45, 2.75) is 13.5 Å². The Hall–Kier alpha value is -1.88. The zero-order valence-corrected chi connectivity index (χ0v) is 10.8. The summed E-state index contributed by atoms with van der Waals surface area (Å²) in [6, 6.07) is 9.51. The fourth-order valence-electron chi connectivity index (χ4n) is 1.34. The molecule has 0 fully saturated rings. The molecule has 2 aromatic rings. The molecule has 93 valence electrons. The van der Waals surface area contributed by atoms with Crippen LogP contribution in [-0.2, 0) is 11.3 Å². The number of hydrogen-bond donors (Lipinski definition) is 1. The summed E-state index contributed by atoms with van der Waals surface area (Å²) in [5.41, 5.74) is 2.50. The first kappa shape index (κ1) is 12.6. The van der Waals surface area contributed by atoms with Crippen LogP contribution in [0.25, 0.3) is 0 Å². The lowest BCUT2D eigenvalue weighted by molar-refractivity contribution is 0.155. The highest BCUT2D eigenvalue weighted by molar-refractivity contribution is 7.10. The van der Waals surface area contributed by atoms with Crippen molar-refractivity contribution in [3.8, 4) is 0 Å². The van der Waals surface area contributed by atoms with Crippen molar-refractivity contribution in [2.75, 3.05) is 5.32 Å². The van der Waals surface area contributed by atoms with E-state index in [2.05, 4.69) is 16.6 Å². The van der Waals surface area contributed by atoms with Gasteiger partial charge in [-0.3, -0.25) is 5.32 Å². The summed E-state index contributed by atoms with van der Waals surface area (Å²) in [5.74, 6) is 0. The highest BCUT2D eigenvalue weighted by atomic mass is 32.1. The fraction of sp³-hybridized carbons (Fsp3) is 0.154. The molecule has 1 heterocycles. The van der Waals surface area contributed by atoms with Gasteiger partial charge in [-0.25, -0.2) is 4.79 Å². The monoisotopic (exact) mass is 261 g/mol. The molecule has 0 spiro atoms. The second-order valence-electron chi connectivity index (χ2n) is 3.76. The average Bonchev–Trinajstić information content (AvgIpc) is 2.70. The summed E-state index contributed by atoms with van der Waals surface area (Å²) in [6.45, 7) is 5.92. The van der Waals surface area contributed by atoms with E-state index in [0.29, 0.717) is 5.00 Å². The first-order valence-corrected chi connectivity index (χ1v) is 6.20. The maximum atomic E-state index is 11.6. The second kappa shape index (κ2) is 5.64. The largest absolute Gasteiger partial charge is 0.444 e. The quantitative estimate of drug-likeness (QED) is 0.921. The number of nitrogens with zero attached hydrogens (tertiary/aromatic N) is 1. The molecule has 0 saturated carbocycles. The molecule has 1 aromatic heterocycles. The minimum Gasteiger partial charge on any atom is -0.444 e. The number of rotatable bonds is 3. The number of amides is 1. The third-order valence-electron chi connectivity index (χ3n) is 2.41. The van der Waals surface area contributed by atoms with E-state index in [1.54, 1.807) is 0 Å². The Morgan fingerprint density at radius 3 is 2.78 bits per heavy atom. The molecular weight excluding hydrogens is 248 g/mol. The van der Waals surface area contributed by atoms with Crippen LogP contribution in [0.3, 0.4) is 0 Å². The Balaban J connectivity index is 1.88. The average molecular weight is 261 g/mol. The van der Waals surface area contributed by atoms with Gasteiger partial charge in [-0.05, 0) is 30.9 Å². The number of carbonyl (C=O) groups is 1. The van der Waals surface area contributed by atoms with Crippen molar-refractivity contribution in [3.05, 3.63) is 54.1 Å². The smallest absolute Gasteiger partial charge is 0.412 e. The van der Waals surface area contributed by atoms with Crippen LogP contribution in [0.5, 0.6) is 0 Å². The number of carbonyl (C=O) groups excluding carboxylic acids is 1. The molecule has 1 amide bonds. The van der Waals surface area contributed by atoms with Crippen LogP contribution in [0.4, 0.5) is 9.80 Å². The molecule has 0 atom stereocenters. The lowest BCUT2D eigenvalue weighted by Gasteiger charge is -2.05. The lowest BCUT2D eigenvalue weighted by Crippen LogP contribution is -2.13. The molecule has 18 heavy (non-hydrogen) atoms. The number of nitrogens with one attached hydrogen (secondary N) is 1. The van der Waals surface area contributed by atoms with E-state index in [1.165, 1.54) is 11.5 Å². The number of hydrogen-bond acceptors (Lipinski definition) is 4. The molecule has 1 N–H and O–H groups in total. The van der Waals surface area contributed by atoms with E-state index < -0.39 is 6.09 Å². The van der Waals surface area contributed by atoms with E-state index in [1.807, 2.05) is 37.3 Å². The lowest BCUT2D eigenvalue weighted by atomic mass is 10.2. The molecule has 0 bridgehead atoms. The van der Waals surface area contributed by atoms with Crippen molar-refractivity contribution < 1.29 is 9.53 Å². The van der Waals surface area contributed by atoms with Gasteiger partial charge in [0.15, 0.2) is 0 Å². The summed E-state index contributed by atoms with van der Waals surface area (Å²) in [7, 11) is 0. The first-order valence-electron chi connectivity index (χ1n) is 5.43. The fourth-order valence-corrected chi connectivity index (χ4v) is 2.06. The molecule has 2 rings (SSSR count). The van der Waals surface area contributed by atoms with E-state index in [0.717, 1.165) is 16.8 Å². The Morgan fingerprint density at radius 1 is 1.44 bits per heavy atom. The van der Waals surface area contributed by atoms with Gasteiger partial charge < -0.3 is 4.74 Å². The van der Waals surface area contributed by atoms with Crippen LogP contribution in [0.1, 0.15) is 16.8 Å². The topological polar surface area (TPSA) is 51.2 Å². The van der Waals surface area contributed by atoms with Crippen LogP contribution in [-0.4, -0.2) is 10.5 Å². The van der Waals surface area contributed by atoms with Crippen molar-refractivity contribution in [1.29, 1.82) is 0 Å². The van der Waals surface area contributed by atoms with Crippen LogP contribution in [0, 0.1) is 13.8 Å². The molecule has 1 radical (unpaired) electrons. The Morgan fingerprint density at radius 2 is 2.17 bits per heavy atom. The number of anilines is 1. The Kier molecular flexibility index (Phi) is 3.94. The SMILES string of the molecule is [CH2]c1c(C)nsc1NC(=O)OCc1ccccc1. The minimum atomic E-state index is -0.493. The molecule has 4 nitrogen and oxygen atoms in total. The van der Waals surface area contributed by atoms with Crippen molar-refractivity contribution in [2.24, 2.45) is 0 Å². The van der Waals surface area contributed by atoms with Gasteiger partial charge in [0, 0.05) is 5.56 Å². The summed E-state index contributed by atoms with van der Waals surface area (Å²) < 4.78 is 9.19. The predicted molar refractivity (Wildman–Crippen MR) is 71.6 cm³/mol. The number of benzene rings is 1. The van der Waals surface area contributed by atoms with Gasteiger partial charge >= 0.3 is 6.09 Å². The summed E-state index contributed by atoms with van der Waals surface area (Å²) in [4.78, 5) is 11.6. The standard InChI is InChI=1S/C13H13N2O2S/c1-9-10(2)15-18-12(9)14-13(16)17-8-11-6-4-3-5-7-11/h3-7H,1,8H2,2H3,(H,14,16). The Labute approximate surface area is 110 Å². The van der Waals surface area contributed by atoms with E-state index >= 15 is 0 Å². The molecule has 0 unspecified atom stereocenters. The Bertz CT molecular complexity index is 537. The zero-order valence-electron chi connectivity index (χ0n) is 9.97. The van der Waals surface area contributed by atoms with Crippen LogP contribution < -0.4 is 5.32 Å². The molecular formula is C13H13N2O2S. The molecule has 0 saturated heterocycles. The molecule has 1 aromatic carbocycles. The van der Waals surface area contributed by atoms with Gasteiger partial charge in [-0.15, -0.1) is 0 Å². The minimum absolute atomic E-state index is 0.247. The molecule has 0 aliphatic heterocycles. The normalized spacial score (nSPS) is 10.1. The molecule has 5 heteroatoms. The maximum absolute atomic E-state index is 11.6. The van der Waals surface area contributed by atoms with Crippen LogP contribution in [0.15, 0.2) is 30.3 Å². The predicted octanol–water partition coefficient (Wildman–Crippen LogP) is 3.38. The highest BCUT2D eigenvalue weighted by Crippen LogP contribution is 2.23. The van der Waals surface area contributed by atoms with Crippen LogP contribution in [0.2, 0.25) is 0 Å². The van der Waals surface area contributed by atoms with Gasteiger partial charge in [0.05, 0.1) is 5.69 Å². The van der Waals surface area contributed by atoms with Crippen LogP contribution >= 0.6 is 11.5 Å². The third kappa shape index (κ3) is 3.07. The van der Waals surface area contributed by atoms with E-state index in [9.17, 15) is 4.79 Å². The zero-order chi connectivity index (χ0) is 13.0. The maximum Gasteiger partial charge on any atom is 0.412 e. The third-order valence-corrected chi connectivity index (χ3v) is 3.31. The second-order valence-corrected chi connectivity index (χ2v) is 4.54. The molecule has 0 aliphatic rings. The van der Waals surface area contributed by atoms with Gasteiger partial charge in [-0.1, -0.05) is 30.3 Å². The van der Waals surface area contributed by atoms with Crippen molar-refractivity contribution in [1.82, 2.24) is 4.37 Å². The van der Waals surface area contributed by atoms with Gasteiger partial charge in [0.2, 0.25) is 0 Å². The van der Waals surface area contributed by atoms with E-state index in [4.69, 9.17) is 4.74 Å².